The van der Waals surface area contributed by atoms with Gasteiger partial charge in [-0.05, 0) is 58.5 Å². The van der Waals surface area contributed by atoms with Gasteiger partial charge in [0, 0.05) is 23.4 Å². The van der Waals surface area contributed by atoms with E-state index in [2.05, 4.69) is 39.4 Å². The van der Waals surface area contributed by atoms with Crippen molar-refractivity contribution in [2.45, 2.75) is 31.6 Å². The number of nitrogens with zero attached hydrogens (tertiary/aromatic N) is 1. The standard InChI is InChI=1S/C24H21BrN2O3/c1-13-17(12-26)22(16-8-18(25)24(29)21(11-16)30-2)23-19(27-13)9-15(10-20(23)28)14-6-4-3-5-7-14/h3-8,11,15,22,27,29H,9-10H2,1-2H3/t15-,22-/m0/s1. The van der Waals surface area contributed by atoms with E-state index in [9.17, 15) is 15.2 Å². The van der Waals surface area contributed by atoms with Crippen LogP contribution < -0.4 is 10.1 Å². The Morgan fingerprint density at radius 2 is 1.93 bits per heavy atom. The molecular weight excluding hydrogens is 444 g/mol. The van der Waals surface area contributed by atoms with Crippen LogP contribution in [0.1, 0.15) is 42.7 Å². The van der Waals surface area contributed by atoms with Gasteiger partial charge < -0.3 is 15.2 Å². The van der Waals surface area contributed by atoms with Gasteiger partial charge in [-0.3, -0.25) is 4.79 Å². The van der Waals surface area contributed by atoms with Crippen LogP contribution in [0.4, 0.5) is 0 Å². The third kappa shape index (κ3) is 3.40. The third-order valence-corrected chi connectivity index (χ3v) is 6.43. The molecule has 1 aliphatic carbocycles. The lowest BCUT2D eigenvalue weighted by Crippen LogP contribution is -2.33. The highest BCUT2D eigenvalue weighted by Crippen LogP contribution is 2.47. The van der Waals surface area contributed by atoms with Gasteiger partial charge in [-0.2, -0.15) is 5.26 Å². The first-order valence-corrected chi connectivity index (χ1v) is 10.5. The van der Waals surface area contributed by atoms with E-state index >= 15 is 0 Å². The number of allylic oxidation sites excluding steroid dienone is 4. The van der Waals surface area contributed by atoms with Gasteiger partial charge in [0.05, 0.1) is 29.1 Å². The summed E-state index contributed by atoms with van der Waals surface area (Å²) in [5.74, 6) is -0.0847. The minimum absolute atomic E-state index is 0.0114. The molecule has 0 saturated heterocycles. The number of dihydropyridines is 1. The lowest BCUT2D eigenvalue weighted by Gasteiger charge is -2.35. The molecule has 0 spiro atoms. The van der Waals surface area contributed by atoms with Gasteiger partial charge in [0.1, 0.15) is 0 Å². The summed E-state index contributed by atoms with van der Waals surface area (Å²) in [6.45, 7) is 1.86. The van der Waals surface area contributed by atoms with Crippen molar-refractivity contribution >= 4 is 21.7 Å². The number of nitrogens with one attached hydrogen (secondary N) is 1. The molecule has 5 nitrogen and oxygen atoms in total. The second-order valence-corrected chi connectivity index (χ2v) is 8.45. The Morgan fingerprint density at radius 1 is 1.20 bits per heavy atom. The molecule has 4 rings (SSSR count). The monoisotopic (exact) mass is 464 g/mol. The minimum Gasteiger partial charge on any atom is -0.503 e. The summed E-state index contributed by atoms with van der Waals surface area (Å²) in [4.78, 5) is 13.3. The van der Waals surface area contributed by atoms with E-state index in [1.807, 2.05) is 25.1 Å². The zero-order valence-corrected chi connectivity index (χ0v) is 18.3. The molecule has 0 amide bonds. The van der Waals surface area contributed by atoms with Crippen molar-refractivity contribution in [2.24, 2.45) is 0 Å². The third-order valence-electron chi connectivity index (χ3n) is 5.82. The quantitative estimate of drug-likeness (QED) is 0.663. The molecule has 0 radical (unpaired) electrons. The molecule has 2 aromatic rings. The van der Waals surface area contributed by atoms with Gasteiger partial charge in [0.15, 0.2) is 17.3 Å². The van der Waals surface area contributed by atoms with E-state index in [1.165, 1.54) is 7.11 Å². The summed E-state index contributed by atoms with van der Waals surface area (Å²) < 4.78 is 5.75. The first kappa shape index (κ1) is 20.2. The predicted molar refractivity (Wildman–Crippen MR) is 117 cm³/mol. The van der Waals surface area contributed by atoms with Crippen LogP contribution in [0.15, 0.2) is 69.5 Å². The van der Waals surface area contributed by atoms with Gasteiger partial charge in [-0.1, -0.05) is 30.3 Å². The highest BCUT2D eigenvalue weighted by atomic mass is 79.9. The number of Topliss-reactive ketones (excluding diaryl/α,β-unsaturated/α-hetero) is 1. The fraction of sp³-hybridized carbons (Fsp3) is 0.250. The maximum absolute atomic E-state index is 13.3. The SMILES string of the molecule is COc1cc([C@H]2C(C#N)=C(C)NC3=C2C(=O)C[C@@H](c2ccccc2)C3)cc(Br)c1O. The normalized spacial score (nSPS) is 21.1. The average molecular weight is 465 g/mol. The molecule has 0 bridgehead atoms. The molecule has 2 aromatic carbocycles. The van der Waals surface area contributed by atoms with E-state index in [0.29, 0.717) is 34.2 Å². The van der Waals surface area contributed by atoms with Crippen LogP contribution >= 0.6 is 15.9 Å². The average Bonchev–Trinajstić information content (AvgIpc) is 2.75. The number of benzene rings is 2. The van der Waals surface area contributed by atoms with Crippen molar-refractivity contribution in [1.29, 1.82) is 5.26 Å². The van der Waals surface area contributed by atoms with Crippen LogP contribution in [0.5, 0.6) is 11.5 Å². The molecule has 2 aliphatic rings. The largest absolute Gasteiger partial charge is 0.503 e. The van der Waals surface area contributed by atoms with E-state index in [4.69, 9.17) is 4.74 Å². The highest BCUT2D eigenvalue weighted by Gasteiger charge is 2.39. The van der Waals surface area contributed by atoms with Crippen LogP contribution in [-0.4, -0.2) is 18.0 Å². The number of phenols is 1. The van der Waals surface area contributed by atoms with Crippen LogP contribution in [0.2, 0.25) is 0 Å². The van der Waals surface area contributed by atoms with Crippen molar-refractivity contribution in [3.8, 4) is 17.6 Å². The number of phenolic OH excluding ortho intramolecular Hbond substituents is 1. The molecule has 1 aliphatic heterocycles. The van der Waals surface area contributed by atoms with Crippen molar-refractivity contribution < 1.29 is 14.6 Å². The number of methoxy groups -OCH3 is 1. The van der Waals surface area contributed by atoms with Gasteiger partial charge in [-0.25, -0.2) is 0 Å². The zero-order valence-electron chi connectivity index (χ0n) is 16.7. The number of hydrogen-bond donors (Lipinski definition) is 2. The molecular formula is C24H21BrN2O3. The minimum atomic E-state index is -0.499. The molecule has 0 unspecified atom stereocenters. The molecule has 30 heavy (non-hydrogen) atoms. The zero-order chi connectivity index (χ0) is 21.4. The number of ether oxygens (including phenoxy) is 1. The molecule has 1 heterocycles. The van der Waals surface area contributed by atoms with Gasteiger partial charge in [0.2, 0.25) is 0 Å². The van der Waals surface area contributed by atoms with Crippen molar-refractivity contribution in [3.05, 3.63) is 80.6 Å². The maximum atomic E-state index is 13.3. The van der Waals surface area contributed by atoms with Crippen LogP contribution in [0.3, 0.4) is 0 Å². The van der Waals surface area contributed by atoms with E-state index in [-0.39, 0.29) is 17.5 Å². The molecule has 152 valence electrons. The number of halogens is 1. The van der Waals surface area contributed by atoms with E-state index < -0.39 is 5.92 Å². The summed E-state index contributed by atoms with van der Waals surface area (Å²) in [7, 11) is 1.47. The Balaban J connectivity index is 1.84. The number of ketones is 1. The summed E-state index contributed by atoms with van der Waals surface area (Å²) >= 11 is 3.36. The van der Waals surface area contributed by atoms with E-state index in [0.717, 1.165) is 22.5 Å². The second kappa shape index (κ2) is 8.00. The molecule has 0 fully saturated rings. The Hall–Kier alpha value is -3.04. The molecule has 2 N–H and O–H groups in total. The number of hydrogen-bond acceptors (Lipinski definition) is 5. The number of aromatic hydroxyl groups is 1. The van der Waals surface area contributed by atoms with Gasteiger partial charge >= 0.3 is 0 Å². The van der Waals surface area contributed by atoms with Gasteiger partial charge in [0.25, 0.3) is 0 Å². The number of rotatable bonds is 3. The predicted octanol–water partition coefficient (Wildman–Crippen LogP) is 5.05. The summed E-state index contributed by atoms with van der Waals surface area (Å²) in [6.07, 6.45) is 1.10. The van der Waals surface area contributed by atoms with Crippen LogP contribution in [0.25, 0.3) is 0 Å². The first-order valence-electron chi connectivity index (χ1n) is 9.70. The van der Waals surface area contributed by atoms with Crippen LogP contribution in [0, 0.1) is 11.3 Å². The topological polar surface area (TPSA) is 82.3 Å². The Labute approximate surface area is 183 Å². The number of carbonyl (C=O) groups is 1. The second-order valence-electron chi connectivity index (χ2n) is 7.59. The van der Waals surface area contributed by atoms with Crippen LogP contribution in [-0.2, 0) is 4.79 Å². The number of nitriles is 1. The Morgan fingerprint density at radius 3 is 2.60 bits per heavy atom. The fourth-order valence-electron chi connectivity index (χ4n) is 4.40. The maximum Gasteiger partial charge on any atom is 0.172 e. The Bertz CT molecular complexity index is 1130. The van der Waals surface area contributed by atoms with Crippen molar-refractivity contribution in [3.63, 3.8) is 0 Å². The van der Waals surface area contributed by atoms with E-state index in [1.54, 1.807) is 12.1 Å². The first-order chi connectivity index (χ1) is 14.4. The molecule has 0 aromatic heterocycles. The summed E-state index contributed by atoms with van der Waals surface area (Å²) in [5.41, 5.74) is 4.60. The van der Waals surface area contributed by atoms with Crippen molar-refractivity contribution in [2.75, 3.05) is 7.11 Å². The molecule has 2 atom stereocenters. The van der Waals surface area contributed by atoms with Crippen molar-refractivity contribution in [1.82, 2.24) is 5.32 Å². The fourth-order valence-corrected chi connectivity index (χ4v) is 4.86. The smallest absolute Gasteiger partial charge is 0.172 e. The lowest BCUT2D eigenvalue weighted by molar-refractivity contribution is -0.116. The Kier molecular flexibility index (Phi) is 5.40. The highest BCUT2D eigenvalue weighted by molar-refractivity contribution is 9.10. The molecule has 6 heteroatoms. The summed E-state index contributed by atoms with van der Waals surface area (Å²) in [6, 6.07) is 15.8. The summed E-state index contributed by atoms with van der Waals surface area (Å²) in [5, 5.41) is 23.4. The van der Waals surface area contributed by atoms with Gasteiger partial charge in [-0.15, -0.1) is 0 Å². The number of carbonyl (C=O) groups excluding carboxylic acids is 1. The lowest BCUT2D eigenvalue weighted by atomic mass is 9.72. The molecule has 0 saturated carbocycles.